The summed E-state index contributed by atoms with van der Waals surface area (Å²) in [6.07, 6.45) is 0. The second-order valence-electron chi connectivity index (χ2n) is 7.73. The first-order chi connectivity index (χ1) is 16.7. The minimum absolute atomic E-state index is 0.0677. The van der Waals surface area contributed by atoms with E-state index in [0.717, 1.165) is 11.1 Å². The van der Waals surface area contributed by atoms with Crippen LogP contribution in [0.25, 0.3) is 56.1 Å². The molecule has 2 aromatic heterocycles. The number of hydrogen-bond acceptors (Lipinski definition) is 5. The summed E-state index contributed by atoms with van der Waals surface area (Å²) in [6.45, 7) is 0. The van der Waals surface area contributed by atoms with Crippen LogP contribution in [0.15, 0.2) is 95.4 Å². The average molecular weight is 442 g/mol. The summed E-state index contributed by atoms with van der Waals surface area (Å²) in [5, 5.41) is 11.1. The molecule has 0 N–H and O–H groups in total. The highest BCUT2D eigenvalue weighted by atomic mass is 19.1. The predicted molar refractivity (Wildman–Crippen MR) is 128 cm³/mol. The second kappa shape index (κ2) is 7.91. The zero-order valence-electron chi connectivity index (χ0n) is 17.7. The highest BCUT2D eigenvalue weighted by Crippen LogP contribution is 2.39. The van der Waals surface area contributed by atoms with E-state index in [0.29, 0.717) is 33.6 Å². The molecule has 0 aliphatic rings. The van der Waals surface area contributed by atoms with E-state index in [1.165, 1.54) is 6.07 Å². The highest BCUT2D eigenvalue weighted by Gasteiger charge is 2.23. The van der Waals surface area contributed by atoms with E-state index in [2.05, 4.69) is 6.07 Å². The van der Waals surface area contributed by atoms with Crippen molar-refractivity contribution in [1.82, 2.24) is 15.0 Å². The standard InChI is InChI=1S/C28H15FN4O/c29-21-15-19(16-30)23(24-20-13-7-8-14-22(20)34-25(21)24)28-32-26(17-9-3-1-4-10-17)31-27(33-28)18-11-5-2-6-12-18/h1-15H. The molecule has 5 nitrogen and oxygen atoms in total. The molecule has 0 aliphatic carbocycles. The Kier molecular flexibility index (Phi) is 4.60. The molecular weight excluding hydrogens is 427 g/mol. The van der Waals surface area contributed by atoms with Crippen molar-refractivity contribution in [3.05, 3.63) is 102 Å². The Hall–Kier alpha value is -4.89. The van der Waals surface area contributed by atoms with Crippen molar-refractivity contribution >= 4 is 21.9 Å². The Balaban J connectivity index is 1.73. The van der Waals surface area contributed by atoms with Gasteiger partial charge in [-0.15, -0.1) is 0 Å². The first-order valence-corrected chi connectivity index (χ1v) is 10.6. The van der Waals surface area contributed by atoms with E-state index in [1.54, 1.807) is 6.07 Å². The maximum Gasteiger partial charge on any atom is 0.171 e. The van der Waals surface area contributed by atoms with Crippen LogP contribution < -0.4 is 0 Å². The van der Waals surface area contributed by atoms with Gasteiger partial charge in [0.2, 0.25) is 0 Å². The van der Waals surface area contributed by atoms with Gasteiger partial charge in [-0.2, -0.15) is 5.26 Å². The fourth-order valence-corrected chi connectivity index (χ4v) is 4.10. The number of para-hydroxylation sites is 1. The van der Waals surface area contributed by atoms with Gasteiger partial charge in [0.15, 0.2) is 28.9 Å². The predicted octanol–water partition coefficient (Wildman–Crippen LogP) is 6.78. The van der Waals surface area contributed by atoms with E-state index in [4.69, 9.17) is 19.4 Å². The maximum absolute atomic E-state index is 15.0. The number of halogens is 1. The van der Waals surface area contributed by atoms with Gasteiger partial charge in [0.25, 0.3) is 0 Å². The van der Waals surface area contributed by atoms with Crippen molar-refractivity contribution in [3.8, 4) is 40.2 Å². The van der Waals surface area contributed by atoms with Gasteiger partial charge in [-0.25, -0.2) is 19.3 Å². The number of rotatable bonds is 3. The molecule has 34 heavy (non-hydrogen) atoms. The molecule has 0 saturated heterocycles. The van der Waals surface area contributed by atoms with Crippen LogP contribution in [0.5, 0.6) is 0 Å². The molecule has 0 aliphatic heterocycles. The number of furan rings is 1. The molecule has 6 heteroatoms. The molecule has 4 aromatic carbocycles. The maximum atomic E-state index is 15.0. The third kappa shape index (κ3) is 3.19. The lowest BCUT2D eigenvalue weighted by Gasteiger charge is -2.10. The van der Waals surface area contributed by atoms with E-state index in [9.17, 15) is 9.65 Å². The molecule has 0 bridgehead atoms. The normalized spacial score (nSPS) is 11.1. The number of fused-ring (bicyclic) bond motifs is 3. The van der Waals surface area contributed by atoms with Gasteiger partial charge >= 0.3 is 0 Å². The Morgan fingerprint density at radius 2 is 1.26 bits per heavy atom. The van der Waals surface area contributed by atoms with Crippen molar-refractivity contribution in [2.45, 2.75) is 0 Å². The van der Waals surface area contributed by atoms with Crippen LogP contribution in [0.2, 0.25) is 0 Å². The Morgan fingerprint density at radius 1 is 0.706 bits per heavy atom. The molecule has 0 fully saturated rings. The summed E-state index contributed by atoms with van der Waals surface area (Å²) in [7, 11) is 0. The number of hydrogen-bond donors (Lipinski definition) is 0. The lowest BCUT2D eigenvalue weighted by Crippen LogP contribution is -2.02. The van der Waals surface area contributed by atoms with E-state index in [-0.39, 0.29) is 17.0 Å². The molecule has 0 atom stereocenters. The Bertz CT molecular complexity index is 1660. The van der Waals surface area contributed by atoms with Crippen LogP contribution in [0.4, 0.5) is 4.39 Å². The molecule has 0 unspecified atom stereocenters. The zero-order chi connectivity index (χ0) is 23.1. The van der Waals surface area contributed by atoms with Gasteiger partial charge < -0.3 is 4.42 Å². The first-order valence-electron chi connectivity index (χ1n) is 10.6. The van der Waals surface area contributed by atoms with Crippen LogP contribution in [0.3, 0.4) is 0 Å². The third-order valence-corrected chi connectivity index (χ3v) is 5.65. The van der Waals surface area contributed by atoms with Crippen LogP contribution in [0.1, 0.15) is 5.56 Å². The summed E-state index contributed by atoms with van der Waals surface area (Å²) in [5.41, 5.74) is 2.74. The molecule has 2 heterocycles. The minimum atomic E-state index is -0.605. The summed E-state index contributed by atoms with van der Waals surface area (Å²) < 4.78 is 20.8. The summed E-state index contributed by atoms with van der Waals surface area (Å²) in [5.74, 6) is 0.588. The highest BCUT2D eigenvalue weighted by molar-refractivity contribution is 6.13. The smallest absolute Gasteiger partial charge is 0.171 e. The second-order valence-corrected chi connectivity index (χ2v) is 7.73. The molecule has 160 valence electrons. The number of nitrogens with zero attached hydrogens (tertiary/aromatic N) is 4. The number of benzene rings is 4. The monoisotopic (exact) mass is 442 g/mol. The zero-order valence-corrected chi connectivity index (χ0v) is 17.7. The fourth-order valence-electron chi connectivity index (χ4n) is 4.10. The summed E-state index contributed by atoms with van der Waals surface area (Å²) >= 11 is 0. The van der Waals surface area contributed by atoms with Crippen molar-refractivity contribution in [1.29, 1.82) is 5.26 Å². The molecular formula is C28H15FN4O. The van der Waals surface area contributed by atoms with Gasteiger partial charge in [-0.3, -0.25) is 0 Å². The van der Waals surface area contributed by atoms with Gasteiger partial charge in [0.1, 0.15) is 11.7 Å². The Morgan fingerprint density at radius 3 is 1.88 bits per heavy atom. The lowest BCUT2D eigenvalue weighted by atomic mass is 9.99. The van der Waals surface area contributed by atoms with Crippen molar-refractivity contribution < 1.29 is 8.81 Å². The molecule has 0 radical (unpaired) electrons. The van der Waals surface area contributed by atoms with Crippen molar-refractivity contribution in [2.75, 3.05) is 0 Å². The molecule has 0 saturated carbocycles. The Labute approximate surface area is 193 Å². The topological polar surface area (TPSA) is 75.6 Å². The van der Waals surface area contributed by atoms with Gasteiger partial charge in [0, 0.05) is 27.5 Å². The lowest BCUT2D eigenvalue weighted by molar-refractivity contribution is 0.584. The van der Waals surface area contributed by atoms with Crippen molar-refractivity contribution in [2.24, 2.45) is 0 Å². The summed E-state index contributed by atoms with van der Waals surface area (Å²) in [6, 6.07) is 29.6. The average Bonchev–Trinajstić information content (AvgIpc) is 3.29. The first kappa shape index (κ1) is 19.8. The van der Waals surface area contributed by atoms with E-state index in [1.807, 2.05) is 78.9 Å². The van der Waals surface area contributed by atoms with Crippen LogP contribution in [-0.2, 0) is 0 Å². The van der Waals surface area contributed by atoms with Crippen LogP contribution in [-0.4, -0.2) is 15.0 Å². The quantitative estimate of drug-likeness (QED) is 0.302. The minimum Gasteiger partial charge on any atom is -0.453 e. The molecule has 0 amide bonds. The van der Waals surface area contributed by atoms with Crippen LogP contribution in [0, 0.1) is 17.1 Å². The van der Waals surface area contributed by atoms with Gasteiger partial charge in [-0.1, -0.05) is 78.9 Å². The van der Waals surface area contributed by atoms with Gasteiger partial charge in [0.05, 0.1) is 5.56 Å². The SMILES string of the molecule is N#Cc1cc(F)c2oc3ccccc3c2c1-c1nc(-c2ccccc2)nc(-c2ccccc2)n1. The van der Waals surface area contributed by atoms with E-state index < -0.39 is 5.82 Å². The van der Waals surface area contributed by atoms with Crippen LogP contribution >= 0.6 is 0 Å². The molecule has 6 rings (SSSR count). The van der Waals surface area contributed by atoms with Gasteiger partial charge in [-0.05, 0) is 12.1 Å². The number of nitriles is 1. The third-order valence-electron chi connectivity index (χ3n) is 5.65. The largest absolute Gasteiger partial charge is 0.453 e. The molecule has 0 spiro atoms. The van der Waals surface area contributed by atoms with E-state index >= 15 is 0 Å². The summed E-state index contributed by atoms with van der Waals surface area (Å²) in [4.78, 5) is 14.2. The van der Waals surface area contributed by atoms with Crippen molar-refractivity contribution in [3.63, 3.8) is 0 Å². The fraction of sp³-hybridized carbons (Fsp3) is 0. The number of aromatic nitrogens is 3. The molecule has 6 aromatic rings.